The molecule has 1 aliphatic rings. The van der Waals surface area contributed by atoms with Crippen molar-refractivity contribution in [1.82, 2.24) is 10.6 Å². The monoisotopic (exact) mass is 306 g/mol. The number of aliphatic hydroxyl groups is 1. The van der Waals surface area contributed by atoms with Crippen LogP contribution in [0.15, 0.2) is 30.3 Å². The number of carbonyl (C=O) groups excluding carboxylic acids is 1. The van der Waals surface area contributed by atoms with Gasteiger partial charge in [-0.05, 0) is 30.7 Å². The van der Waals surface area contributed by atoms with E-state index in [9.17, 15) is 9.90 Å². The second-order valence-corrected chi connectivity index (χ2v) is 5.96. The van der Waals surface area contributed by atoms with Crippen molar-refractivity contribution in [3.8, 4) is 0 Å². The highest BCUT2D eigenvalue weighted by Gasteiger charge is 2.21. The van der Waals surface area contributed by atoms with E-state index in [4.69, 9.17) is 4.74 Å². The van der Waals surface area contributed by atoms with Crippen LogP contribution in [0.5, 0.6) is 0 Å². The Kier molecular flexibility index (Phi) is 6.68. The van der Waals surface area contributed by atoms with Crippen molar-refractivity contribution in [3.63, 3.8) is 0 Å². The van der Waals surface area contributed by atoms with E-state index in [0.29, 0.717) is 19.1 Å². The molecule has 122 valence electrons. The molecule has 5 nitrogen and oxygen atoms in total. The van der Waals surface area contributed by atoms with Crippen LogP contribution in [0.25, 0.3) is 0 Å². The van der Waals surface area contributed by atoms with Gasteiger partial charge in [0.15, 0.2) is 0 Å². The molecule has 0 spiro atoms. The van der Waals surface area contributed by atoms with E-state index in [-0.39, 0.29) is 18.2 Å². The third-order valence-corrected chi connectivity index (χ3v) is 4.15. The third-order valence-electron chi connectivity index (χ3n) is 4.15. The highest BCUT2D eigenvalue weighted by molar-refractivity contribution is 5.74. The first-order chi connectivity index (χ1) is 10.7. The van der Waals surface area contributed by atoms with E-state index in [1.807, 2.05) is 30.3 Å². The summed E-state index contributed by atoms with van der Waals surface area (Å²) < 4.78 is 5.19. The predicted octanol–water partition coefficient (Wildman–Crippen LogP) is 2.22. The largest absolute Gasteiger partial charge is 0.393 e. The van der Waals surface area contributed by atoms with Gasteiger partial charge < -0.3 is 20.5 Å². The number of carbonyl (C=O) groups is 1. The fraction of sp³-hybridized carbons (Fsp3) is 0.588. The number of urea groups is 1. The Labute approximate surface area is 132 Å². The summed E-state index contributed by atoms with van der Waals surface area (Å²) in [6.45, 7) is 1.04. The Morgan fingerprint density at radius 1 is 1.36 bits per heavy atom. The van der Waals surface area contributed by atoms with Gasteiger partial charge in [0.1, 0.15) is 0 Å². The van der Waals surface area contributed by atoms with Crippen LogP contribution in [0, 0.1) is 5.92 Å². The molecular formula is C17H26N2O3. The number of ether oxygens (including phenoxy) is 1. The van der Waals surface area contributed by atoms with Crippen LogP contribution in [-0.2, 0) is 4.74 Å². The van der Waals surface area contributed by atoms with E-state index in [1.54, 1.807) is 7.11 Å². The molecule has 2 rings (SSSR count). The number of nitrogens with one attached hydrogen (secondary N) is 2. The minimum absolute atomic E-state index is 0.164. The second kappa shape index (κ2) is 8.76. The van der Waals surface area contributed by atoms with Crippen molar-refractivity contribution < 1.29 is 14.6 Å². The van der Waals surface area contributed by atoms with Crippen LogP contribution >= 0.6 is 0 Å². The van der Waals surface area contributed by atoms with E-state index in [1.165, 1.54) is 0 Å². The lowest BCUT2D eigenvalue weighted by atomic mass is 9.87. The predicted molar refractivity (Wildman–Crippen MR) is 85.6 cm³/mol. The van der Waals surface area contributed by atoms with Gasteiger partial charge in [0.05, 0.1) is 18.8 Å². The summed E-state index contributed by atoms with van der Waals surface area (Å²) in [5.74, 6) is 0.368. The fourth-order valence-electron chi connectivity index (χ4n) is 2.97. The molecule has 0 aliphatic heterocycles. The maximum atomic E-state index is 12.1. The zero-order chi connectivity index (χ0) is 15.8. The number of benzene rings is 1. The zero-order valence-electron chi connectivity index (χ0n) is 13.1. The first-order valence-electron chi connectivity index (χ1n) is 7.95. The maximum absolute atomic E-state index is 12.1. The number of aliphatic hydroxyl groups excluding tert-OH is 1. The summed E-state index contributed by atoms with van der Waals surface area (Å²) in [7, 11) is 1.62. The van der Waals surface area contributed by atoms with Gasteiger partial charge in [-0.3, -0.25) is 0 Å². The van der Waals surface area contributed by atoms with Gasteiger partial charge in [0.25, 0.3) is 0 Å². The molecule has 0 saturated heterocycles. The van der Waals surface area contributed by atoms with Gasteiger partial charge in [-0.1, -0.05) is 36.8 Å². The molecule has 0 radical (unpaired) electrons. The van der Waals surface area contributed by atoms with E-state index in [2.05, 4.69) is 10.6 Å². The van der Waals surface area contributed by atoms with Gasteiger partial charge >= 0.3 is 6.03 Å². The SMILES string of the molecule is COCC(NC(=O)NCC1CCCC(O)C1)c1ccccc1. The zero-order valence-corrected chi connectivity index (χ0v) is 13.1. The summed E-state index contributed by atoms with van der Waals surface area (Å²) in [6, 6.07) is 9.43. The van der Waals surface area contributed by atoms with Crippen LogP contribution < -0.4 is 10.6 Å². The van der Waals surface area contributed by atoms with Gasteiger partial charge in [-0.15, -0.1) is 0 Å². The van der Waals surface area contributed by atoms with E-state index < -0.39 is 0 Å². The molecule has 5 heteroatoms. The minimum atomic E-state index is -0.214. The van der Waals surface area contributed by atoms with Crippen molar-refractivity contribution in [3.05, 3.63) is 35.9 Å². The quantitative estimate of drug-likeness (QED) is 0.755. The summed E-state index contributed by atoms with van der Waals surface area (Å²) in [4.78, 5) is 12.1. The third kappa shape index (κ3) is 5.31. The molecule has 3 N–H and O–H groups in total. The Bertz CT molecular complexity index is 452. The lowest BCUT2D eigenvalue weighted by molar-refractivity contribution is 0.101. The Balaban J connectivity index is 1.81. The summed E-state index contributed by atoms with van der Waals surface area (Å²) >= 11 is 0. The average Bonchev–Trinajstić information content (AvgIpc) is 2.53. The summed E-state index contributed by atoms with van der Waals surface area (Å²) in [6.07, 6.45) is 3.55. The van der Waals surface area contributed by atoms with Crippen LogP contribution in [-0.4, -0.2) is 37.5 Å². The van der Waals surface area contributed by atoms with Crippen LogP contribution in [0.2, 0.25) is 0 Å². The highest BCUT2D eigenvalue weighted by Crippen LogP contribution is 2.23. The molecule has 0 aromatic heterocycles. The molecule has 1 aliphatic carbocycles. The molecule has 1 saturated carbocycles. The van der Waals surface area contributed by atoms with E-state index in [0.717, 1.165) is 31.2 Å². The Morgan fingerprint density at radius 3 is 2.82 bits per heavy atom. The van der Waals surface area contributed by atoms with E-state index >= 15 is 0 Å². The standard InChI is InChI=1S/C17H26N2O3/c1-22-12-16(14-7-3-2-4-8-14)19-17(21)18-11-13-6-5-9-15(20)10-13/h2-4,7-8,13,15-16,20H,5-6,9-12H2,1H3,(H2,18,19,21). The van der Waals surface area contributed by atoms with Gasteiger partial charge in [0, 0.05) is 13.7 Å². The van der Waals surface area contributed by atoms with Crippen molar-refractivity contribution >= 4 is 6.03 Å². The Morgan fingerprint density at radius 2 is 2.14 bits per heavy atom. The number of hydrogen-bond donors (Lipinski definition) is 3. The molecule has 1 aromatic rings. The second-order valence-electron chi connectivity index (χ2n) is 5.96. The molecule has 1 aromatic carbocycles. The first-order valence-corrected chi connectivity index (χ1v) is 7.95. The maximum Gasteiger partial charge on any atom is 0.315 e. The molecule has 1 fully saturated rings. The molecule has 3 atom stereocenters. The van der Waals surface area contributed by atoms with Crippen LogP contribution in [0.3, 0.4) is 0 Å². The van der Waals surface area contributed by atoms with Crippen molar-refractivity contribution in [2.75, 3.05) is 20.3 Å². The van der Waals surface area contributed by atoms with Crippen LogP contribution in [0.1, 0.15) is 37.3 Å². The number of rotatable bonds is 6. The number of amides is 2. The van der Waals surface area contributed by atoms with Gasteiger partial charge in [0.2, 0.25) is 0 Å². The van der Waals surface area contributed by atoms with Gasteiger partial charge in [-0.2, -0.15) is 0 Å². The molecular weight excluding hydrogens is 280 g/mol. The average molecular weight is 306 g/mol. The van der Waals surface area contributed by atoms with Crippen LogP contribution in [0.4, 0.5) is 4.79 Å². The lowest BCUT2D eigenvalue weighted by Crippen LogP contribution is -2.42. The van der Waals surface area contributed by atoms with Crippen molar-refractivity contribution in [1.29, 1.82) is 0 Å². The van der Waals surface area contributed by atoms with Crippen molar-refractivity contribution in [2.24, 2.45) is 5.92 Å². The molecule has 22 heavy (non-hydrogen) atoms. The smallest absolute Gasteiger partial charge is 0.315 e. The molecule has 2 amide bonds. The normalized spacial score (nSPS) is 22.8. The van der Waals surface area contributed by atoms with Gasteiger partial charge in [-0.25, -0.2) is 4.79 Å². The molecule has 3 unspecified atom stereocenters. The number of hydrogen-bond acceptors (Lipinski definition) is 3. The molecule has 0 bridgehead atoms. The summed E-state index contributed by atoms with van der Waals surface area (Å²) in [5, 5.41) is 15.5. The lowest BCUT2D eigenvalue weighted by Gasteiger charge is -2.26. The topological polar surface area (TPSA) is 70.6 Å². The first kappa shape index (κ1) is 16.8. The van der Waals surface area contributed by atoms with Crippen molar-refractivity contribution in [2.45, 2.75) is 37.8 Å². The molecule has 0 heterocycles. The highest BCUT2D eigenvalue weighted by atomic mass is 16.5. The summed E-state index contributed by atoms with van der Waals surface area (Å²) in [5.41, 5.74) is 1.02. The number of methoxy groups -OCH3 is 1. The Hall–Kier alpha value is -1.59. The fourth-order valence-corrected chi connectivity index (χ4v) is 2.97. The minimum Gasteiger partial charge on any atom is -0.393 e.